The predicted octanol–water partition coefficient (Wildman–Crippen LogP) is 6.23. The predicted molar refractivity (Wildman–Crippen MR) is 121 cm³/mol. The molecule has 2 amide bonds. The molecule has 37 heavy (non-hydrogen) atoms. The average Bonchev–Trinajstić information content (AvgIpc) is 2.76. The molecule has 1 aliphatic rings. The smallest absolute Gasteiger partial charge is 0.431 e. The molecule has 2 heterocycles. The highest BCUT2D eigenvalue weighted by atomic mass is 79.9. The maximum absolute atomic E-state index is 15.5. The Kier molecular flexibility index (Phi) is 7.38. The van der Waals surface area contributed by atoms with Crippen LogP contribution in [0.4, 0.5) is 31.1 Å². The number of aromatic nitrogens is 1. The summed E-state index contributed by atoms with van der Waals surface area (Å²) in [6.45, 7) is 4.69. The van der Waals surface area contributed by atoms with Crippen molar-refractivity contribution in [2.24, 2.45) is 4.99 Å². The van der Waals surface area contributed by atoms with E-state index in [1.807, 2.05) is 0 Å². The van der Waals surface area contributed by atoms with Gasteiger partial charge in [0.25, 0.3) is 12.0 Å². The zero-order valence-corrected chi connectivity index (χ0v) is 21.3. The number of amidine groups is 1. The van der Waals surface area contributed by atoms with Crippen molar-refractivity contribution in [1.29, 1.82) is 0 Å². The molecule has 0 unspecified atom stereocenters. The van der Waals surface area contributed by atoms with E-state index in [4.69, 9.17) is 4.74 Å². The molecule has 1 aromatic carbocycles. The molecule has 1 aliphatic heterocycles. The summed E-state index contributed by atoms with van der Waals surface area (Å²) in [6.07, 6.45) is -11.2. The van der Waals surface area contributed by atoms with E-state index in [2.05, 4.69) is 30.6 Å². The van der Waals surface area contributed by atoms with Gasteiger partial charge in [0.2, 0.25) is 0 Å². The first-order chi connectivity index (χ1) is 16.9. The quantitative estimate of drug-likeness (QED) is 0.304. The molecule has 7 nitrogen and oxygen atoms in total. The van der Waals surface area contributed by atoms with Crippen LogP contribution in [0.5, 0.6) is 0 Å². The number of halogens is 7. The monoisotopic (exact) mass is 595 g/mol. The van der Waals surface area contributed by atoms with Gasteiger partial charge in [-0.25, -0.2) is 19.2 Å². The first-order valence-electron chi connectivity index (χ1n) is 10.5. The molecule has 0 radical (unpaired) electrons. The van der Waals surface area contributed by atoms with Gasteiger partial charge in [0.1, 0.15) is 21.7 Å². The second-order valence-electron chi connectivity index (χ2n) is 9.08. The number of benzene rings is 1. The summed E-state index contributed by atoms with van der Waals surface area (Å²) < 4.78 is 96.8. The van der Waals surface area contributed by atoms with Crippen molar-refractivity contribution in [3.63, 3.8) is 0 Å². The molecule has 0 saturated carbocycles. The maximum atomic E-state index is 15.5. The van der Waals surface area contributed by atoms with Crippen LogP contribution >= 0.6 is 15.9 Å². The van der Waals surface area contributed by atoms with Crippen LogP contribution in [0.2, 0.25) is 0 Å². The minimum Gasteiger partial charge on any atom is -0.445 e. The molecule has 0 fully saturated rings. The summed E-state index contributed by atoms with van der Waals surface area (Å²) in [5.41, 5.74) is -6.06. The number of hydrogen-bond acceptors (Lipinski definition) is 6. The van der Waals surface area contributed by atoms with Crippen molar-refractivity contribution in [2.45, 2.75) is 57.0 Å². The topological polar surface area (TPSA) is 81.1 Å². The molecule has 2 atom stereocenters. The molecule has 0 bridgehead atoms. The molecule has 200 valence electrons. The number of imide groups is 1. The number of pyridine rings is 1. The Hall–Kier alpha value is -3.16. The molecule has 0 aliphatic carbocycles. The van der Waals surface area contributed by atoms with Gasteiger partial charge >= 0.3 is 24.2 Å². The molecule has 0 N–H and O–H groups in total. The third-order valence-corrected chi connectivity index (χ3v) is 5.52. The van der Waals surface area contributed by atoms with Gasteiger partial charge in [0, 0.05) is 5.56 Å². The van der Waals surface area contributed by atoms with E-state index in [-0.39, 0.29) is 15.1 Å². The second-order valence-corrected chi connectivity index (χ2v) is 9.89. The third kappa shape index (κ3) is 5.58. The molecule has 0 saturated heterocycles. The van der Waals surface area contributed by atoms with Crippen LogP contribution in [0.3, 0.4) is 0 Å². The van der Waals surface area contributed by atoms with Crippen molar-refractivity contribution in [1.82, 2.24) is 9.88 Å². The minimum atomic E-state index is -5.75. The third-order valence-electron chi connectivity index (χ3n) is 5.08. The lowest BCUT2D eigenvalue weighted by atomic mass is 9.84. The summed E-state index contributed by atoms with van der Waals surface area (Å²) in [6, 6.07) is 6.99. The fourth-order valence-corrected chi connectivity index (χ4v) is 3.65. The Balaban J connectivity index is 2.32. The van der Waals surface area contributed by atoms with E-state index < -0.39 is 58.9 Å². The molecule has 1 aromatic heterocycles. The van der Waals surface area contributed by atoms with Crippen LogP contribution in [0.25, 0.3) is 0 Å². The van der Waals surface area contributed by atoms with Crippen LogP contribution in [0, 0.1) is 5.82 Å². The SMILES string of the molecule is CC(C)(C)OC(=O)N(C(=O)c1ccccc1)C1=N[C@](C)(c2nc(Br)ccc2F)C(F)(F)[C@H](C(F)(F)F)O1. The average molecular weight is 596 g/mol. The number of carbonyl (C=O) groups is 2. The Morgan fingerprint density at radius 2 is 1.68 bits per heavy atom. The number of rotatable bonds is 2. The van der Waals surface area contributed by atoms with Gasteiger partial charge in [-0.05, 0) is 67.9 Å². The number of hydrogen-bond donors (Lipinski definition) is 0. The molecular formula is C23H20BrF6N3O4. The van der Waals surface area contributed by atoms with Crippen molar-refractivity contribution in [3.05, 3.63) is 64.1 Å². The fourth-order valence-electron chi connectivity index (χ4n) is 3.34. The number of ether oxygens (including phenoxy) is 2. The van der Waals surface area contributed by atoms with E-state index in [0.29, 0.717) is 13.0 Å². The van der Waals surface area contributed by atoms with Crippen molar-refractivity contribution >= 4 is 34.0 Å². The fraction of sp³-hybridized carbons (Fsp3) is 0.391. The lowest BCUT2D eigenvalue weighted by Gasteiger charge is -2.43. The van der Waals surface area contributed by atoms with Crippen LogP contribution < -0.4 is 0 Å². The first kappa shape index (κ1) is 28.4. The lowest BCUT2D eigenvalue weighted by Crippen LogP contribution is -2.64. The summed E-state index contributed by atoms with van der Waals surface area (Å²) >= 11 is 2.87. The van der Waals surface area contributed by atoms with Crippen molar-refractivity contribution in [3.8, 4) is 0 Å². The van der Waals surface area contributed by atoms with Gasteiger partial charge in [-0.3, -0.25) is 4.79 Å². The van der Waals surface area contributed by atoms with Crippen LogP contribution in [-0.2, 0) is 15.0 Å². The van der Waals surface area contributed by atoms with E-state index in [1.165, 1.54) is 51.1 Å². The summed E-state index contributed by atoms with van der Waals surface area (Å²) in [7, 11) is 0. The number of alkyl halides is 5. The number of aliphatic imine (C=N–C) groups is 1. The maximum Gasteiger partial charge on any atom is 0.431 e. The van der Waals surface area contributed by atoms with E-state index in [1.54, 1.807) is 0 Å². The van der Waals surface area contributed by atoms with E-state index in [9.17, 15) is 27.2 Å². The van der Waals surface area contributed by atoms with Gasteiger partial charge in [-0.2, -0.15) is 26.9 Å². The number of nitrogens with zero attached hydrogens (tertiary/aromatic N) is 3. The standard InChI is InChI=1S/C23H20BrF6N3O4/c1-20(2,3)37-19(35)33(16(34)12-8-6-5-7-9-12)18-32-21(4,15-13(25)10-11-14(24)31-15)22(26,27)17(36-18)23(28,29)30/h5-11,17H,1-4H3/t17-,21-/m1/s1. The molecule has 3 rings (SSSR count). The highest BCUT2D eigenvalue weighted by Gasteiger charge is 2.71. The molecule has 2 aromatic rings. The second kappa shape index (κ2) is 9.62. The zero-order valence-electron chi connectivity index (χ0n) is 19.7. The highest BCUT2D eigenvalue weighted by molar-refractivity contribution is 9.10. The minimum absolute atomic E-state index is 0.0390. The number of carbonyl (C=O) groups excluding carboxylic acids is 2. The van der Waals surface area contributed by atoms with Gasteiger partial charge < -0.3 is 9.47 Å². The molecular weight excluding hydrogens is 576 g/mol. The van der Waals surface area contributed by atoms with E-state index in [0.717, 1.165) is 6.07 Å². The van der Waals surface area contributed by atoms with Crippen LogP contribution in [-0.4, -0.2) is 51.7 Å². The van der Waals surface area contributed by atoms with Crippen molar-refractivity contribution < 1.29 is 45.4 Å². The van der Waals surface area contributed by atoms with E-state index >= 15 is 8.78 Å². The molecule has 14 heteroatoms. The largest absolute Gasteiger partial charge is 0.445 e. The first-order valence-corrected chi connectivity index (χ1v) is 11.3. The van der Waals surface area contributed by atoms with Gasteiger partial charge in [-0.15, -0.1) is 0 Å². The zero-order chi connectivity index (χ0) is 28.0. The number of amides is 2. The van der Waals surface area contributed by atoms with Crippen LogP contribution in [0.15, 0.2) is 52.1 Å². The Morgan fingerprint density at radius 1 is 1.08 bits per heavy atom. The summed E-state index contributed by atoms with van der Waals surface area (Å²) in [5, 5.41) is 0. The Bertz CT molecular complexity index is 1230. The lowest BCUT2D eigenvalue weighted by molar-refractivity contribution is -0.289. The summed E-state index contributed by atoms with van der Waals surface area (Å²) in [5.74, 6) is -7.64. The van der Waals surface area contributed by atoms with Gasteiger partial charge in [0.05, 0.1) is 0 Å². The molecule has 0 spiro atoms. The Morgan fingerprint density at radius 3 is 2.22 bits per heavy atom. The van der Waals surface area contributed by atoms with Gasteiger partial charge in [-0.1, -0.05) is 18.2 Å². The highest BCUT2D eigenvalue weighted by Crippen LogP contribution is 2.51. The normalized spacial score (nSPS) is 21.5. The van der Waals surface area contributed by atoms with Crippen LogP contribution in [0.1, 0.15) is 43.7 Å². The summed E-state index contributed by atoms with van der Waals surface area (Å²) in [4.78, 5) is 33.4. The van der Waals surface area contributed by atoms with Crippen molar-refractivity contribution in [2.75, 3.05) is 0 Å². The Labute approximate surface area is 215 Å². The van der Waals surface area contributed by atoms with Gasteiger partial charge in [0.15, 0.2) is 5.54 Å².